The standard InChI is InChI=1S/C15H17N3O2/c1-2-18(10-11-6-4-3-5-7-11)14-13(15(19)20)8-12(16)9-17-14/h3-9H,2,10,16H2,1H3,(H,19,20). The quantitative estimate of drug-likeness (QED) is 0.872. The number of anilines is 2. The van der Waals surface area contributed by atoms with Crippen molar-refractivity contribution < 1.29 is 9.90 Å². The van der Waals surface area contributed by atoms with Crippen molar-refractivity contribution in [2.45, 2.75) is 13.5 Å². The number of hydrogen-bond acceptors (Lipinski definition) is 4. The predicted octanol–water partition coefficient (Wildman–Crippen LogP) is 2.39. The Morgan fingerprint density at radius 2 is 2.05 bits per heavy atom. The lowest BCUT2D eigenvalue weighted by atomic mass is 10.2. The lowest BCUT2D eigenvalue weighted by Gasteiger charge is -2.23. The van der Waals surface area contributed by atoms with E-state index in [0.29, 0.717) is 24.6 Å². The third-order valence-electron chi connectivity index (χ3n) is 3.02. The number of benzene rings is 1. The molecule has 0 radical (unpaired) electrons. The summed E-state index contributed by atoms with van der Waals surface area (Å²) in [4.78, 5) is 17.4. The van der Waals surface area contributed by atoms with Crippen LogP contribution in [0.4, 0.5) is 11.5 Å². The van der Waals surface area contributed by atoms with Crippen LogP contribution in [0.1, 0.15) is 22.8 Å². The number of carboxylic acid groups (broad SMARTS) is 1. The van der Waals surface area contributed by atoms with Crippen molar-refractivity contribution in [3.63, 3.8) is 0 Å². The van der Waals surface area contributed by atoms with Crippen LogP contribution < -0.4 is 10.6 Å². The molecular formula is C15H17N3O2. The molecule has 0 aliphatic heterocycles. The van der Waals surface area contributed by atoms with E-state index in [-0.39, 0.29) is 5.56 Å². The molecule has 20 heavy (non-hydrogen) atoms. The molecule has 0 saturated heterocycles. The molecule has 2 rings (SSSR count). The summed E-state index contributed by atoms with van der Waals surface area (Å²) in [6.45, 7) is 3.23. The monoisotopic (exact) mass is 271 g/mol. The fourth-order valence-corrected chi connectivity index (χ4v) is 2.02. The largest absolute Gasteiger partial charge is 0.478 e. The maximum Gasteiger partial charge on any atom is 0.339 e. The number of aromatic carboxylic acids is 1. The van der Waals surface area contributed by atoms with E-state index in [4.69, 9.17) is 5.73 Å². The van der Waals surface area contributed by atoms with Gasteiger partial charge in [0.1, 0.15) is 11.4 Å². The number of hydrogen-bond donors (Lipinski definition) is 2. The molecule has 0 fully saturated rings. The van der Waals surface area contributed by atoms with Crippen molar-refractivity contribution >= 4 is 17.5 Å². The minimum absolute atomic E-state index is 0.128. The molecule has 0 spiro atoms. The smallest absolute Gasteiger partial charge is 0.339 e. The molecule has 0 atom stereocenters. The summed E-state index contributed by atoms with van der Waals surface area (Å²) in [5, 5.41) is 9.28. The zero-order valence-electron chi connectivity index (χ0n) is 11.3. The summed E-state index contributed by atoms with van der Waals surface area (Å²) in [5.74, 6) is -0.579. The summed E-state index contributed by atoms with van der Waals surface area (Å²) in [6.07, 6.45) is 1.48. The van der Waals surface area contributed by atoms with Crippen LogP contribution in [-0.2, 0) is 6.54 Å². The summed E-state index contributed by atoms with van der Waals surface area (Å²) in [6, 6.07) is 11.3. The topological polar surface area (TPSA) is 79.5 Å². The highest BCUT2D eigenvalue weighted by molar-refractivity contribution is 5.94. The number of nitrogens with two attached hydrogens (primary N) is 1. The molecule has 0 unspecified atom stereocenters. The first-order chi connectivity index (χ1) is 9.61. The Morgan fingerprint density at radius 3 is 2.65 bits per heavy atom. The first kappa shape index (κ1) is 13.9. The highest BCUT2D eigenvalue weighted by Crippen LogP contribution is 2.21. The molecule has 0 aliphatic carbocycles. The van der Waals surface area contributed by atoms with E-state index in [9.17, 15) is 9.90 Å². The Morgan fingerprint density at radius 1 is 1.35 bits per heavy atom. The van der Waals surface area contributed by atoms with Crippen LogP contribution in [-0.4, -0.2) is 22.6 Å². The SMILES string of the molecule is CCN(Cc1ccccc1)c1ncc(N)cc1C(=O)O. The molecule has 104 valence electrons. The Hall–Kier alpha value is -2.56. The van der Waals surface area contributed by atoms with Crippen LogP contribution in [0.2, 0.25) is 0 Å². The number of nitrogens with zero attached hydrogens (tertiary/aromatic N) is 2. The summed E-state index contributed by atoms with van der Waals surface area (Å²) in [7, 11) is 0. The van der Waals surface area contributed by atoms with Gasteiger partial charge in [0.05, 0.1) is 11.9 Å². The zero-order chi connectivity index (χ0) is 14.5. The minimum atomic E-state index is -1.02. The van der Waals surface area contributed by atoms with E-state index in [2.05, 4.69) is 4.98 Å². The molecule has 1 aromatic heterocycles. The lowest BCUT2D eigenvalue weighted by molar-refractivity contribution is 0.0697. The van der Waals surface area contributed by atoms with Gasteiger partial charge in [0.15, 0.2) is 0 Å². The van der Waals surface area contributed by atoms with Crippen LogP contribution >= 0.6 is 0 Å². The molecule has 0 bridgehead atoms. The van der Waals surface area contributed by atoms with Gasteiger partial charge in [-0.1, -0.05) is 30.3 Å². The van der Waals surface area contributed by atoms with E-state index < -0.39 is 5.97 Å². The predicted molar refractivity (Wildman–Crippen MR) is 78.8 cm³/mol. The second-order valence-electron chi connectivity index (χ2n) is 4.44. The third-order valence-corrected chi connectivity index (χ3v) is 3.02. The molecular weight excluding hydrogens is 254 g/mol. The van der Waals surface area contributed by atoms with E-state index in [1.807, 2.05) is 42.2 Å². The van der Waals surface area contributed by atoms with Gasteiger partial charge in [-0.3, -0.25) is 0 Å². The first-order valence-corrected chi connectivity index (χ1v) is 6.39. The average molecular weight is 271 g/mol. The Labute approximate surface area is 117 Å². The Balaban J connectivity index is 2.34. The number of pyridine rings is 1. The van der Waals surface area contributed by atoms with Crippen molar-refractivity contribution in [2.75, 3.05) is 17.2 Å². The van der Waals surface area contributed by atoms with Gasteiger partial charge in [-0.25, -0.2) is 9.78 Å². The maximum atomic E-state index is 11.3. The van der Waals surface area contributed by atoms with Gasteiger partial charge in [-0.05, 0) is 18.6 Å². The van der Waals surface area contributed by atoms with Crippen molar-refractivity contribution in [1.29, 1.82) is 0 Å². The van der Waals surface area contributed by atoms with Crippen LogP contribution in [0.15, 0.2) is 42.6 Å². The first-order valence-electron chi connectivity index (χ1n) is 6.39. The molecule has 0 aliphatic rings. The molecule has 3 N–H and O–H groups in total. The molecule has 5 nitrogen and oxygen atoms in total. The van der Waals surface area contributed by atoms with Gasteiger partial charge in [0, 0.05) is 13.1 Å². The minimum Gasteiger partial charge on any atom is -0.478 e. The van der Waals surface area contributed by atoms with Crippen LogP contribution in [0, 0.1) is 0 Å². The van der Waals surface area contributed by atoms with Crippen LogP contribution in [0.3, 0.4) is 0 Å². The average Bonchev–Trinajstić information content (AvgIpc) is 2.46. The molecule has 0 saturated carbocycles. The van der Waals surface area contributed by atoms with Crippen molar-refractivity contribution in [3.8, 4) is 0 Å². The molecule has 1 heterocycles. The number of carbonyl (C=O) groups is 1. The number of nitrogen functional groups attached to an aromatic ring is 1. The highest BCUT2D eigenvalue weighted by Gasteiger charge is 2.17. The summed E-state index contributed by atoms with van der Waals surface area (Å²) in [5.41, 5.74) is 7.19. The van der Waals surface area contributed by atoms with Gasteiger partial charge in [-0.2, -0.15) is 0 Å². The maximum absolute atomic E-state index is 11.3. The van der Waals surface area contributed by atoms with Crippen molar-refractivity contribution in [3.05, 3.63) is 53.7 Å². The fourth-order valence-electron chi connectivity index (χ4n) is 2.02. The number of aromatic nitrogens is 1. The van der Waals surface area contributed by atoms with Gasteiger partial charge in [-0.15, -0.1) is 0 Å². The summed E-state index contributed by atoms with van der Waals surface area (Å²) < 4.78 is 0. The van der Waals surface area contributed by atoms with E-state index >= 15 is 0 Å². The van der Waals surface area contributed by atoms with E-state index in [1.165, 1.54) is 12.3 Å². The zero-order valence-corrected chi connectivity index (χ0v) is 11.3. The number of rotatable bonds is 5. The lowest BCUT2D eigenvalue weighted by Crippen LogP contribution is -2.25. The van der Waals surface area contributed by atoms with Crippen LogP contribution in [0.5, 0.6) is 0 Å². The summed E-state index contributed by atoms with van der Waals surface area (Å²) >= 11 is 0. The van der Waals surface area contributed by atoms with Gasteiger partial charge < -0.3 is 15.7 Å². The normalized spacial score (nSPS) is 10.2. The van der Waals surface area contributed by atoms with Crippen LogP contribution in [0.25, 0.3) is 0 Å². The number of carboxylic acids is 1. The van der Waals surface area contributed by atoms with Gasteiger partial charge in [0.25, 0.3) is 0 Å². The fraction of sp³-hybridized carbons (Fsp3) is 0.200. The molecule has 0 amide bonds. The molecule has 1 aromatic carbocycles. The molecule has 2 aromatic rings. The third kappa shape index (κ3) is 3.06. The second-order valence-corrected chi connectivity index (χ2v) is 4.44. The van der Waals surface area contributed by atoms with Crippen molar-refractivity contribution in [2.24, 2.45) is 0 Å². The van der Waals surface area contributed by atoms with E-state index in [1.54, 1.807) is 0 Å². The highest BCUT2D eigenvalue weighted by atomic mass is 16.4. The van der Waals surface area contributed by atoms with E-state index in [0.717, 1.165) is 5.56 Å². The van der Waals surface area contributed by atoms with Gasteiger partial charge in [0.2, 0.25) is 0 Å². The Kier molecular flexibility index (Phi) is 4.20. The van der Waals surface area contributed by atoms with Crippen molar-refractivity contribution in [1.82, 2.24) is 4.98 Å². The Bertz CT molecular complexity index is 599. The van der Waals surface area contributed by atoms with Gasteiger partial charge >= 0.3 is 5.97 Å². The second kappa shape index (κ2) is 6.06. The molecule has 5 heteroatoms.